The third-order valence-electron chi connectivity index (χ3n) is 4.29. The molecule has 1 fully saturated rings. The van der Waals surface area contributed by atoms with Crippen LogP contribution in [0.3, 0.4) is 0 Å². The van der Waals surface area contributed by atoms with E-state index in [9.17, 15) is 9.59 Å². The van der Waals surface area contributed by atoms with Gasteiger partial charge in [-0.05, 0) is 63.5 Å². The van der Waals surface area contributed by atoms with E-state index in [0.717, 1.165) is 42.1 Å². The average molecular weight is 428 g/mol. The van der Waals surface area contributed by atoms with Crippen LogP contribution < -0.4 is 10.6 Å². The van der Waals surface area contributed by atoms with Gasteiger partial charge in [-0.2, -0.15) is 0 Å². The summed E-state index contributed by atoms with van der Waals surface area (Å²) in [6, 6.07) is 7.45. The fourth-order valence-electron chi connectivity index (χ4n) is 2.82. The molecule has 1 aliphatic heterocycles. The Labute approximate surface area is 162 Å². The van der Waals surface area contributed by atoms with E-state index in [1.54, 1.807) is 0 Å². The number of anilines is 1. The Balaban J connectivity index is 1.53. The highest BCUT2D eigenvalue weighted by Gasteiger charge is 2.16. The minimum atomic E-state index is -0.0952. The van der Waals surface area contributed by atoms with Crippen LogP contribution >= 0.6 is 27.7 Å². The number of carbonyl (C=O) groups is 2. The first-order chi connectivity index (χ1) is 12.0. The first-order valence-electron chi connectivity index (χ1n) is 8.61. The number of hydrogen-bond donors (Lipinski definition) is 2. The van der Waals surface area contributed by atoms with Crippen molar-refractivity contribution < 1.29 is 9.59 Å². The summed E-state index contributed by atoms with van der Waals surface area (Å²) in [5.41, 5.74) is 0.752. The molecule has 0 spiro atoms. The molecule has 1 aromatic carbocycles. The number of carbonyl (C=O) groups excluding carboxylic acids is 2. The first kappa shape index (κ1) is 20.3. The Morgan fingerprint density at radius 2 is 1.96 bits per heavy atom. The van der Waals surface area contributed by atoms with E-state index in [1.807, 2.05) is 24.3 Å². The highest BCUT2D eigenvalue weighted by Crippen LogP contribution is 2.19. The quantitative estimate of drug-likeness (QED) is 0.669. The van der Waals surface area contributed by atoms with Crippen LogP contribution in [0.5, 0.6) is 0 Å². The van der Waals surface area contributed by atoms with Gasteiger partial charge in [-0.3, -0.25) is 9.59 Å². The molecule has 1 aliphatic rings. The Bertz CT molecular complexity index is 577. The number of likely N-dealkylation sites (tertiary alicyclic amines) is 1. The van der Waals surface area contributed by atoms with E-state index in [1.165, 1.54) is 24.6 Å². The summed E-state index contributed by atoms with van der Waals surface area (Å²) in [6.07, 6.45) is 3.49. The van der Waals surface area contributed by atoms with Crippen LogP contribution in [0.25, 0.3) is 0 Å². The molecule has 138 valence electrons. The van der Waals surface area contributed by atoms with Gasteiger partial charge in [0.25, 0.3) is 0 Å². The highest BCUT2D eigenvalue weighted by molar-refractivity contribution is 9.10. The van der Waals surface area contributed by atoms with Gasteiger partial charge in [0.15, 0.2) is 0 Å². The third kappa shape index (κ3) is 8.25. The van der Waals surface area contributed by atoms with E-state index in [4.69, 9.17) is 0 Å². The normalized spacial score (nSPS) is 15.8. The van der Waals surface area contributed by atoms with Gasteiger partial charge in [-0.15, -0.1) is 11.8 Å². The van der Waals surface area contributed by atoms with Crippen molar-refractivity contribution in [1.29, 1.82) is 0 Å². The molecule has 0 aromatic heterocycles. The molecular weight excluding hydrogens is 402 g/mol. The van der Waals surface area contributed by atoms with E-state index in [-0.39, 0.29) is 17.6 Å². The summed E-state index contributed by atoms with van der Waals surface area (Å²) in [5.74, 6) is 1.23. The van der Waals surface area contributed by atoms with Gasteiger partial charge < -0.3 is 15.5 Å². The van der Waals surface area contributed by atoms with Gasteiger partial charge in [0.2, 0.25) is 11.8 Å². The fourth-order valence-corrected chi connectivity index (χ4v) is 3.86. The molecule has 1 heterocycles. The lowest BCUT2D eigenvalue weighted by Gasteiger charge is -2.28. The smallest absolute Gasteiger partial charge is 0.234 e. The lowest BCUT2D eigenvalue weighted by molar-refractivity contribution is -0.118. The lowest BCUT2D eigenvalue weighted by atomic mass is 9.94. The number of halogens is 1. The van der Waals surface area contributed by atoms with Crippen LogP contribution in [0.15, 0.2) is 28.7 Å². The van der Waals surface area contributed by atoms with Crippen molar-refractivity contribution in [3.8, 4) is 0 Å². The fraction of sp³-hybridized carbons (Fsp3) is 0.556. The zero-order chi connectivity index (χ0) is 18.1. The molecule has 0 atom stereocenters. The SMILES string of the molecule is CN1CCC(CCNC(=O)CSCC(=O)Nc2cccc(Br)c2)CC1. The van der Waals surface area contributed by atoms with Gasteiger partial charge in [0.05, 0.1) is 11.5 Å². The second-order valence-electron chi connectivity index (χ2n) is 6.44. The zero-order valence-corrected chi connectivity index (χ0v) is 17.0. The molecular formula is C18H26BrN3O2S. The first-order valence-corrected chi connectivity index (χ1v) is 10.6. The molecule has 1 aromatic rings. The summed E-state index contributed by atoms with van der Waals surface area (Å²) >= 11 is 4.70. The van der Waals surface area contributed by atoms with Crippen molar-refractivity contribution in [2.45, 2.75) is 19.3 Å². The van der Waals surface area contributed by atoms with E-state index >= 15 is 0 Å². The predicted molar refractivity (Wildman–Crippen MR) is 108 cm³/mol. The minimum absolute atomic E-state index is 0.00758. The number of hydrogen-bond acceptors (Lipinski definition) is 4. The molecule has 2 amide bonds. The summed E-state index contributed by atoms with van der Waals surface area (Å²) < 4.78 is 0.918. The van der Waals surface area contributed by atoms with E-state index in [2.05, 4.69) is 38.5 Å². The topological polar surface area (TPSA) is 61.4 Å². The summed E-state index contributed by atoms with van der Waals surface area (Å²) in [7, 11) is 2.15. The predicted octanol–water partition coefficient (Wildman–Crippen LogP) is 2.97. The van der Waals surface area contributed by atoms with Crippen LogP contribution in [0.1, 0.15) is 19.3 Å². The zero-order valence-electron chi connectivity index (χ0n) is 14.6. The van der Waals surface area contributed by atoms with Crippen molar-refractivity contribution in [3.63, 3.8) is 0 Å². The lowest BCUT2D eigenvalue weighted by Crippen LogP contribution is -2.33. The molecule has 1 saturated heterocycles. The number of rotatable bonds is 8. The largest absolute Gasteiger partial charge is 0.355 e. The molecule has 0 bridgehead atoms. The number of nitrogens with zero attached hydrogens (tertiary/aromatic N) is 1. The van der Waals surface area contributed by atoms with Crippen molar-refractivity contribution >= 4 is 45.2 Å². The van der Waals surface area contributed by atoms with Gasteiger partial charge >= 0.3 is 0 Å². The summed E-state index contributed by atoms with van der Waals surface area (Å²) in [6.45, 7) is 3.04. The standard InChI is InChI=1S/C18H26BrN3O2S/c1-22-9-6-14(7-10-22)5-8-20-17(23)12-25-13-18(24)21-16-4-2-3-15(19)11-16/h2-4,11,14H,5-10,12-13H2,1H3,(H,20,23)(H,21,24). The van der Waals surface area contributed by atoms with Gasteiger partial charge in [0.1, 0.15) is 0 Å². The molecule has 2 rings (SSSR count). The van der Waals surface area contributed by atoms with Gasteiger partial charge in [0, 0.05) is 16.7 Å². The van der Waals surface area contributed by atoms with E-state index in [0.29, 0.717) is 5.75 Å². The van der Waals surface area contributed by atoms with Crippen LogP contribution in [0.4, 0.5) is 5.69 Å². The monoisotopic (exact) mass is 427 g/mol. The van der Waals surface area contributed by atoms with Crippen molar-refractivity contribution in [1.82, 2.24) is 10.2 Å². The molecule has 0 radical (unpaired) electrons. The maximum absolute atomic E-state index is 11.9. The number of nitrogens with one attached hydrogen (secondary N) is 2. The van der Waals surface area contributed by atoms with E-state index < -0.39 is 0 Å². The molecule has 2 N–H and O–H groups in total. The van der Waals surface area contributed by atoms with Crippen LogP contribution in [0.2, 0.25) is 0 Å². The molecule has 7 heteroatoms. The molecule has 0 unspecified atom stereocenters. The number of piperidine rings is 1. The minimum Gasteiger partial charge on any atom is -0.355 e. The molecule has 0 aliphatic carbocycles. The maximum Gasteiger partial charge on any atom is 0.234 e. The molecule has 25 heavy (non-hydrogen) atoms. The number of thioether (sulfide) groups is 1. The van der Waals surface area contributed by atoms with Crippen LogP contribution in [-0.4, -0.2) is 54.9 Å². The Morgan fingerprint density at radius 1 is 1.24 bits per heavy atom. The summed E-state index contributed by atoms with van der Waals surface area (Å²) in [5, 5.41) is 5.78. The Kier molecular flexibility index (Phi) is 8.78. The van der Waals surface area contributed by atoms with Gasteiger partial charge in [-0.1, -0.05) is 22.0 Å². The Hall–Kier alpha value is -1.05. The second kappa shape index (κ2) is 10.8. The number of amides is 2. The second-order valence-corrected chi connectivity index (χ2v) is 8.34. The van der Waals surface area contributed by atoms with Crippen molar-refractivity contribution in [3.05, 3.63) is 28.7 Å². The number of benzene rings is 1. The van der Waals surface area contributed by atoms with Crippen LogP contribution in [0, 0.1) is 5.92 Å². The molecule has 5 nitrogen and oxygen atoms in total. The average Bonchev–Trinajstić information content (AvgIpc) is 2.56. The third-order valence-corrected chi connectivity index (χ3v) is 5.71. The molecule has 0 saturated carbocycles. The van der Waals surface area contributed by atoms with Crippen LogP contribution in [-0.2, 0) is 9.59 Å². The van der Waals surface area contributed by atoms with Crippen molar-refractivity contribution in [2.24, 2.45) is 5.92 Å². The van der Waals surface area contributed by atoms with Crippen molar-refractivity contribution in [2.75, 3.05) is 43.5 Å². The highest BCUT2D eigenvalue weighted by atomic mass is 79.9. The maximum atomic E-state index is 11.9. The Morgan fingerprint density at radius 3 is 2.68 bits per heavy atom. The summed E-state index contributed by atoms with van der Waals surface area (Å²) in [4.78, 5) is 26.1. The van der Waals surface area contributed by atoms with Gasteiger partial charge in [-0.25, -0.2) is 0 Å².